The van der Waals surface area contributed by atoms with Crippen LogP contribution in [0.25, 0.3) is 0 Å². The van der Waals surface area contributed by atoms with E-state index in [0.717, 1.165) is 0 Å². The second-order valence-corrected chi connectivity index (χ2v) is 11.5. The lowest BCUT2D eigenvalue weighted by Gasteiger charge is -2.22. The summed E-state index contributed by atoms with van der Waals surface area (Å²) in [7, 11) is 0. The summed E-state index contributed by atoms with van der Waals surface area (Å²) in [6.45, 7) is 9.66. The Hall–Kier alpha value is -0.140. The second kappa shape index (κ2) is 7.92. The van der Waals surface area contributed by atoms with Crippen LogP contribution in [0, 0.1) is 0 Å². The van der Waals surface area contributed by atoms with Crippen molar-refractivity contribution in [3.05, 3.63) is 0 Å². The van der Waals surface area contributed by atoms with Crippen molar-refractivity contribution < 1.29 is 28.1 Å². The van der Waals surface area contributed by atoms with Crippen molar-refractivity contribution in [1.82, 2.24) is 0 Å². The fourth-order valence-electron chi connectivity index (χ4n) is 1.05. The number of carbonyl (C=O) groups is 2. The molecule has 0 aliphatic carbocycles. The maximum Gasteiger partial charge on any atom is 0.333 e. The van der Waals surface area contributed by atoms with Crippen LogP contribution in [-0.4, -0.2) is 36.4 Å². The second-order valence-electron chi connectivity index (χ2n) is 6.19. The molecule has 0 heterocycles. The molecular weight excluding hydrogens is 335 g/mol. The third kappa shape index (κ3) is 13.3. The highest BCUT2D eigenvalue weighted by molar-refractivity contribution is 8.60. The lowest BCUT2D eigenvalue weighted by Crippen LogP contribution is -2.27. The summed E-state index contributed by atoms with van der Waals surface area (Å²) < 4.78 is 20.3. The number of hydrogen-bond acceptors (Lipinski definition) is 7. The van der Waals surface area contributed by atoms with Crippen molar-refractivity contribution in [2.75, 3.05) is 13.2 Å². The van der Waals surface area contributed by atoms with Crippen LogP contribution >= 0.6 is 17.9 Å². The number of thiol groups is 1. The van der Waals surface area contributed by atoms with Gasteiger partial charge in [-0.2, -0.15) is 0 Å². The van der Waals surface area contributed by atoms with E-state index in [1.165, 1.54) is 0 Å². The Morgan fingerprint density at radius 3 is 1.43 bits per heavy atom. The Morgan fingerprint density at radius 2 is 1.19 bits per heavy atom. The Kier molecular flexibility index (Phi) is 7.87. The van der Waals surface area contributed by atoms with E-state index in [-0.39, 0.29) is 13.2 Å². The van der Waals surface area contributed by atoms with Gasteiger partial charge in [-0.3, -0.25) is 0 Å². The molecule has 0 saturated carbocycles. The van der Waals surface area contributed by atoms with Crippen LogP contribution in [0.1, 0.15) is 41.5 Å². The van der Waals surface area contributed by atoms with Crippen molar-refractivity contribution in [3.63, 3.8) is 0 Å². The Labute approximate surface area is 136 Å². The molecule has 0 saturated heterocycles. The van der Waals surface area contributed by atoms with Crippen LogP contribution in [0.3, 0.4) is 0 Å². The lowest BCUT2D eigenvalue weighted by atomic mass is 10.2. The summed E-state index contributed by atoms with van der Waals surface area (Å²) in [6.07, 6.45) is 0. The van der Waals surface area contributed by atoms with E-state index in [0.29, 0.717) is 0 Å². The van der Waals surface area contributed by atoms with Crippen molar-refractivity contribution in [2.24, 2.45) is 0 Å². The minimum Gasteiger partial charge on any atom is -0.458 e. The molecule has 0 rings (SSSR count). The topological polar surface area (TPSA) is 71.1 Å². The van der Waals surface area contributed by atoms with Crippen LogP contribution in [0.15, 0.2) is 0 Å². The summed E-state index contributed by atoms with van der Waals surface area (Å²) in [5.41, 5.74) is -4.23. The molecule has 21 heavy (non-hydrogen) atoms. The molecule has 0 aliphatic heterocycles. The van der Waals surface area contributed by atoms with E-state index in [1.807, 2.05) is 0 Å². The number of hydrogen-bond donors (Lipinski definition) is 1. The fourth-order valence-corrected chi connectivity index (χ4v) is 2.32. The summed E-state index contributed by atoms with van der Waals surface area (Å²) >= 11 is 9.00. The van der Waals surface area contributed by atoms with E-state index < -0.39 is 28.8 Å². The van der Waals surface area contributed by atoms with Gasteiger partial charge in [-0.25, -0.2) is 9.59 Å². The van der Waals surface area contributed by atoms with E-state index in [9.17, 15) is 9.59 Å². The van der Waals surface area contributed by atoms with Gasteiger partial charge in [0.05, 0.1) is 0 Å². The molecule has 0 aromatic carbocycles. The van der Waals surface area contributed by atoms with Crippen LogP contribution in [0.2, 0.25) is 0 Å². The number of ether oxygens (including phenoxy) is 2. The summed E-state index contributed by atoms with van der Waals surface area (Å²) in [6, 6.07) is 0. The molecule has 0 fully saturated rings. The fraction of sp³-hybridized carbons (Fsp3) is 0.833. The SMILES string of the molecule is CC(C)(C)OC(=O)COP(=S)(S)OCC(=O)OC(C)(C)C. The van der Waals surface area contributed by atoms with Crippen LogP contribution in [-0.2, 0) is 39.9 Å². The normalized spacial score (nSPS) is 12.9. The van der Waals surface area contributed by atoms with Crippen LogP contribution in [0.5, 0.6) is 0 Å². The minimum absolute atomic E-state index is 0.383. The number of carbonyl (C=O) groups excluding carboxylic acids is 2. The van der Waals surface area contributed by atoms with Gasteiger partial charge in [-0.05, 0) is 53.3 Å². The minimum atomic E-state index is -3.01. The molecule has 0 unspecified atom stereocenters. The molecule has 0 aromatic heterocycles. The van der Waals surface area contributed by atoms with Crippen molar-refractivity contribution in [2.45, 2.75) is 52.7 Å². The number of esters is 2. The van der Waals surface area contributed by atoms with Crippen molar-refractivity contribution in [3.8, 4) is 0 Å². The zero-order valence-corrected chi connectivity index (χ0v) is 15.8. The van der Waals surface area contributed by atoms with Gasteiger partial charge < -0.3 is 18.5 Å². The van der Waals surface area contributed by atoms with Crippen LogP contribution in [0.4, 0.5) is 0 Å². The third-order valence-electron chi connectivity index (χ3n) is 1.53. The van der Waals surface area contributed by atoms with Gasteiger partial charge in [-0.1, -0.05) is 12.2 Å². The highest BCUT2D eigenvalue weighted by Gasteiger charge is 2.23. The van der Waals surface area contributed by atoms with E-state index in [4.69, 9.17) is 30.3 Å². The average molecular weight is 358 g/mol. The van der Waals surface area contributed by atoms with Gasteiger partial charge in [0, 0.05) is 0 Å². The molecule has 6 nitrogen and oxygen atoms in total. The van der Waals surface area contributed by atoms with E-state index >= 15 is 0 Å². The van der Waals surface area contributed by atoms with Gasteiger partial charge >= 0.3 is 11.9 Å². The largest absolute Gasteiger partial charge is 0.458 e. The third-order valence-corrected chi connectivity index (χ3v) is 3.77. The summed E-state index contributed by atoms with van der Waals surface area (Å²) in [5, 5.41) is 0. The molecule has 0 spiro atoms. The molecule has 0 amide bonds. The Bertz CT molecular complexity index is 388. The first kappa shape index (κ1) is 20.9. The van der Waals surface area contributed by atoms with E-state index in [1.54, 1.807) is 41.5 Å². The summed E-state index contributed by atoms with van der Waals surface area (Å²) in [5.74, 6) is -1.15. The molecule has 0 atom stereocenters. The van der Waals surface area contributed by atoms with E-state index in [2.05, 4.69) is 12.2 Å². The first-order valence-electron chi connectivity index (χ1n) is 6.26. The maximum absolute atomic E-state index is 11.5. The monoisotopic (exact) mass is 358 g/mol. The Balaban J connectivity index is 4.18. The first-order chi connectivity index (χ1) is 9.20. The van der Waals surface area contributed by atoms with Crippen molar-refractivity contribution in [1.29, 1.82) is 0 Å². The smallest absolute Gasteiger partial charge is 0.333 e. The molecule has 0 aliphatic rings. The molecular formula is C12H23O6PS2. The zero-order chi connectivity index (χ0) is 16.9. The average Bonchev–Trinajstić information content (AvgIpc) is 2.19. The maximum atomic E-state index is 11.5. The molecule has 0 radical (unpaired) electrons. The first-order valence-corrected chi connectivity index (χ1v) is 10.0. The van der Waals surface area contributed by atoms with Crippen molar-refractivity contribution >= 4 is 41.7 Å². The van der Waals surface area contributed by atoms with Gasteiger partial charge in [0.1, 0.15) is 11.2 Å². The molecule has 0 bridgehead atoms. The number of rotatable bonds is 6. The van der Waals surface area contributed by atoms with Gasteiger partial charge in [0.25, 0.3) is 0 Å². The highest BCUT2D eigenvalue weighted by Crippen LogP contribution is 2.53. The predicted octanol–water partition coefficient (Wildman–Crippen LogP) is 2.86. The lowest BCUT2D eigenvalue weighted by molar-refractivity contribution is -0.157. The van der Waals surface area contributed by atoms with Gasteiger partial charge in [0.15, 0.2) is 13.2 Å². The molecule has 0 N–H and O–H groups in total. The predicted molar refractivity (Wildman–Crippen MR) is 86.9 cm³/mol. The molecule has 0 aromatic rings. The molecule has 9 heteroatoms. The Morgan fingerprint density at radius 1 is 0.905 bits per heavy atom. The highest BCUT2D eigenvalue weighted by atomic mass is 32.9. The molecule has 124 valence electrons. The van der Waals surface area contributed by atoms with Gasteiger partial charge in [-0.15, -0.1) is 0 Å². The van der Waals surface area contributed by atoms with Gasteiger partial charge in [0.2, 0.25) is 5.69 Å². The zero-order valence-electron chi connectivity index (χ0n) is 13.2. The van der Waals surface area contributed by atoms with Crippen LogP contribution < -0.4 is 0 Å². The quantitative estimate of drug-likeness (QED) is 0.445. The standard InChI is InChI=1S/C12H23O6PS2/c1-11(2,3)17-9(13)7-15-19(20,21)16-8-10(14)18-12(4,5)6/h7-8H2,1-6H3,(H,20,21). The summed E-state index contributed by atoms with van der Waals surface area (Å²) in [4.78, 5) is 22.9.